The van der Waals surface area contributed by atoms with Crippen molar-refractivity contribution in [3.8, 4) is 5.75 Å². The van der Waals surface area contributed by atoms with E-state index in [0.717, 1.165) is 18.4 Å². The highest BCUT2D eigenvalue weighted by atomic mass is 16.4. The summed E-state index contributed by atoms with van der Waals surface area (Å²) in [7, 11) is 0. The Balaban J connectivity index is 1.80. The van der Waals surface area contributed by atoms with Crippen LogP contribution in [0, 0.1) is 0 Å². The van der Waals surface area contributed by atoms with Gasteiger partial charge in [0.25, 0.3) is 0 Å². The van der Waals surface area contributed by atoms with Crippen molar-refractivity contribution >= 4 is 18.1 Å². The number of benzene rings is 2. The molecule has 0 saturated heterocycles. The molecule has 0 bridgehead atoms. The van der Waals surface area contributed by atoms with Crippen LogP contribution in [-0.2, 0) is 16.0 Å². The summed E-state index contributed by atoms with van der Waals surface area (Å²) in [5.41, 5.74) is 2.75. The predicted molar refractivity (Wildman–Crippen MR) is 107 cm³/mol. The monoisotopic (exact) mass is 383 g/mol. The van der Waals surface area contributed by atoms with Crippen molar-refractivity contribution < 1.29 is 19.8 Å². The number of aryl methyl sites for hydroxylation is 1. The summed E-state index contributed by atoms with van der Waals surface area (Å²) in [6.07, 6.45) is 4.09. The van der Waals surface area contributed by atoms with Crippen molar-refractivity contribution in [3.63, 3.8) is 0 Å². The van der Waals surface area contributed by atoms with Gasteiger partial charge in [-0.25, -0.2) is 0 Å². The Morgan fingerprint density at radius 3 is 2.36 bits per heavy atom. The number of carboxylic acids is 1. The number of carboxylic acid groups (broad SMARTS) is 1. The van der Waals surface area contributed by atoms with E-state index < -0.39 is 12.0 Å². The number of hydrogen-bond donors (Lipinski definition) is 4. The molecule has 0 fully saturated rings. The lowest BCUT2D eigenvalue weighted by molar-refractivity contribution is -0.137. The standard InChI is InChI=1S/C21H25N3O4/c22-23-14-16-7-5-15(6-8-16)3-1-2-4-20(26)24-19(13-21(27)28)17-9-11-18(25)12-10-17/h5-12,14,19,25H,1-4,13,22H2,(H,24,26)(H,27,28). The normalized spacial score (nSPS) is 12.0. The van der Waals surface area contributed by atoms with Gasteiger partial charge in [0.15, 0.2) is 0 Å². The number of phenolic OH excluding ortho intramolecular Hbond substituents is 1. The van der Waals surface area contributed by atoms with Crippen LogP contribution in [0.3, 0.4) is 0 Å². The maximum Gasteiger partial charge on any atom is 0.305 e. The van der Waals surface area contributed by atoms with Crippen molar-refractivity contribution in [1.29, 1.82) is 0 Å². The number of carbonyl (C=O) groups excluding carboxylic acids is 1. The number of rotatable bonds is 10. The highest BCUT2D eigenvalue weighted by Gasteiger charge is 2.18. The Labute approximate surface area is 163 Å². The van der Waals surface area contributed by atoms with E-state index in [2.05, 4.69) is 10.4 Å². The molecule has 5 N–H and O–H groups in total. The van der Waals surface area contributed by atoms with Crippen LogP contribution in [0.5, 0.6) is 5.75 Å². The lowest BCUT2D eigenvalue weighted by Crippen LogP contribution is -2.30. The van der Waals surface area contributed by atoms with Crippen LogP contribution in [-0.4, -0.2) is 28.3 Å². The van der Waals surface area contributed by atoms with E-state index in [1.807, 2.05) is 24.3 Å². The molecule has 28 heavy (non-hydrogen) atoms. The van der Waals surface area contributed by atoms with E-state index in [0.29, 0.717) is 18.4 Å². The molecular formula is C21H25N3O4. The second-order valence-corrected chi connectivity index (χ2v) is 6.54. The number of aliphatic carboxylic acids is 1. The maximum atomic E-state index is 12.2. The molecule has 0 aliphatic carbocycles. The Bertz CT molecular complexity index is 801. The van der Waals surface area contributed by atoms with Crippen molar-refractivity contribution in [3.05, 3.63) is 65.2 Å². The SMILES string of the molecule is NN=Cc1ccc(CCCCC(=O)NC(CC(=O)O)c2ccc(O)cc2)cc1. The molecule has 0 radical (unpaired) electrons. The molecular weight excluding hydrogens is 358 g/mol. The zero-order valence-electron chi connectivity index (χ0n) is 15.5. The van der Waals surface area contributed by atoms with Gasteiger partial charge < -0.3 is 21.4 Å². The first-order valence-electron chi connectivity index (χ1n) is 9.10. The lowest BCUT2D eigenvalue weighted by atomic mass is 10.0. The first kappa shape index (κ1) is 21.0. The minimum Gasteiger partial charge on any atom is -0.508 e. The van der Waals surface area contributed by atoms with Gasteiger partial charge in [-0.15, -0.1) is 0 Å². The summed E-state index contributed by atoms with van der Waals surface area (Å²) < 4.78 is 0. The first-order chi connectivity index (χ1) is 13.5. The smallest absolute Gasteiger partial charge is 0.305 e. The van der Waals surface area contributed by atoms with Gasteiger partial charge in [0, 0.05) is 6.42 Å². The minimum atomic E-state index is -0.999. The maximum absolute atomic E-state index is 12.2. The molecule has 2 aromatic carbocycles. The fourth-order valence-corrected chi connectivity index (χ4v) is 2.87. The second-order valence-electron chi connectivity index (χ2n) is 6.54. The molecule has 1 atom stereocenters. The van der Waals surface area contributed by atoms with Crippen molar-refractivity contribution in [1.82, 2.24) is 5.32 Å². The Kier molecular flexibility index (Phi) is 8.02. The molecule has 0 saturated carbocycles. The molecule has 2 aromatic rings. The molecule has 0 spiro atoms. The molecule has 0 aliphatic heterocycles. The molecule has 7 nitrogen and oxygen atoms in total. The molecule has 0 heterocycles. The Morgan fingerprint density at radius 1 is 1.07 bits per heavy atom. The highest BCUT2D eigenvalue weighted by molar-refractivity contribution is 5.79. The number of carbonyl (C=O) groups is 2. The summed E-state index contributed by atoms with van der Waals surface area (Å²) in [5, 5.41) is 24.7. The zero-order chi connectivity index (χ0) is 20.4. The number of phenols is 1. The predicted octanol–water partition coefficient (Wildman–Crippen LogP) is 2.73. The number of nitrogens with one attached hydrogen (secondary N) is 1. The van der Waals surface area contributed by atoms with Crippen LogP contribution >= 0.6 is 0 Å². The van der Waals surface area contributed by atoms with Gasteiger partial charge in [0.2, 0.25) is 5.91 Å². The fraction of sp³-hybridized carbons (Fsp3) is 0.286. The van der Waals surface area contributed by atoms with E-state index in [1.54, 1.807) is 18.3 Å². The largest absolute Gasteiger partial charge is 0.508 e. The van der Waals surface area contributed by atoms with Gasteiger partial charge in [-0.1, -0.05) is 36.4 Å². The second kappa shape index (κ2) is 10.7. The van der Waals surface area contributed by atoms with Crippen molar-refractivity contribution in [2.75, 3.05) is 0 Å². The van der Waals surface area contributed by atoms with Crippen LogP contribution < -0.4 is 11.2 Å². The summed E-state index contributed by atoms with van der Waals surface area (Å²) in [5.74, 6) is 4.02. The van der Waals surface area contributed by atoms with Crippen LogP contribution in [0.1, 0.15) is 48.4 Å². The average molecular weight is 383 g/mol. The summed E-state index contributed by atoms with van der Waals surface area (Å²) >= 11 is 0. The van der Waals surface area contributed by atoms with Crippen LogP contribution in [0.2, 0.25) is 0 Å². The van der Waals surface area contributed by atoms with Crippen molar-refractivity contribution in [2.45, 2.75) is 38.1 Å². The third-order valence-electron chi connectivity index (χ3n) is 4.33. The number of hydrazone groups is 1. The van der Waals surface area contributed by atoms with E-state index in [4.69, 9.17) is 10.9 Å². The Morgan fingerprint density at radius 2 is 1.75 bits per heavy atom. The summed E-state index contributed by atoms with van der Waals surface area (Å²) in [4.78, 5) is 23.3. The topological polar surface area (TPSA) is 125 Å². The van der Waals surface area contributed by atoms with Crippen molar-refractivity contribution in [2.24, 2.45) is 10.9 Å². The van der Waals surface area contributed by atoms with E-state index in [1.165, 1.54) is 17.7 Å². The van der Waals surface area contributed by atoms with E-state index >= 15 is 0 Å². The molecule has 148 valence electrons. The van der Waals surface area contributed by atoms with Gasteiger partial charge in [0.1, 0.15) is 5.75 Å². The van der Waals surface area contributed by atoms with Gasteiger partial charge in [-0.05, 0) is 48.1 Å². The third kappa shape index (κ3) is 7.11. The number of hydrogen-bond acceptors (Lipinski definition) is 5. The minimum absolute atomic E-state index is 0.0903. The summed E-state index contributed by atoms with van der Waals surface area (Å²) in [6.45, 7) is 0. The van der Waals surface area contributed by atoms with Crippen LogP contribution in [0.15, 0.2) is 53.6 Å². The zero-order valence-corrected chi connectivity index (χ0v) is 15.5. The highest BCUT2D eigenvalue weighted by Crippen LogP contribution is 2.20. The molecule has 1 unspecified atom stereocenters. The summed E-state index contributed by atoms with van der Waals surface area (Å²) in [6, 6.07) is 13.4. The molecule has 0 aliphatic rings. The van der Waals surface area contributed by atoms with Crippen LogP contribution in [0.25, 0.3) is 0 Å². The average Bonchev–Trinajstić information content (AvgIpc) is 2.66. The number of aromatic hydroxyl groups is 1. The number of nitrogens with zero attached hydrogens (tertiary/aromatic N) is 1. The molecule has 2 rings (SSSR count). The van der Waals surface area contributed by atoms with Gasteiger partial charge in [0.05, 0.1) is 18.7 Å². The van der Waals surface area contributed by atoms with Gasteiger partial charge in [-0.3, -0.25) is 9.59 Å². The molecule has 7 heteroatoms. The van der Waals surface area contributed by atoms with E-state index in [9.17, 15) is 14.7 Å². The molecule has 0 aromatic heterocycles. The number of nitrogens with two attached hydrogens (primary N) is 1. The number of unbranched alkanes of at least 4 members (excludes halogenated alkanes) is 1. The lowest BCUT2D eigenvalue weighted by Gasteiger charge is -2.17. The quantitative estimate of drug-likeness (QED) is 0.217. The fourth-order valence-electron chi connectivity index (χ4n) is 2.87. The van der Waals surface area contributed by atoms with E-state index in [-0.39, 0.29) is 18.1 Å². The molecule has 1 amide bonds. The third-order valence-corrected chi connectivity index (χ3v) is 4.33. The first-order valence-corrected chi connectivity index (χ1v) is 9.10. The van der Waals surface area contributed by atoms with Gasteiger partial charge >= 0.3 is 5.97 Å². The number of amides is 1. The van der Waals surface area contributed by atoms with Crippen LogP contribution in [0.4, 0.5) is 0 Å². The Hall–Kier alpha value is -3.35. The van der Waals surface area contributed by atoms with Gasteiger partial charge in [-0.2, -0.15) is 5.10 Å².